The molecule has 0 aromatic heterocycles. The van der Waals surface area contributed by atoms with Crippen molar-refractivity contribution in [3.63, 3.8) is 0 Å². The predicted molar refractivity (Wildman–Crippen MR) is 82.2 cm³/mol. The summed E-state index contributed by atoms with van der Waals surface area (Å²) >= 11 is 0. The molecule has 0 bridgehead atoms. The molecule has 6 nitrogen and oxygen atoms in total. The molecule has 0 fully saturated rings. The molecule has 0 saturated carbocycles. The van der Waals surface area contributed by atoms with Crippen molar-refractivity contribution in [3.8, 4) is 0 Å². The number of benzene rings is 1. The summed E-state index contributed by atoms with van der Waals surface area (Å²) in [7, 11) is 1.83. The molecule has 6 heteroatoms. The van der Waals surface area contributed by atoms with E-state index in [2.05, 4.69) is 16.0 Å². The third kappa shape index (κ3) is 5.83. The number of hydrogen-bond acceptors (Lipinski definition) is 3. The highest BCUT2D eigenvalue weighted by atomic mass is 16.4. The normalized spacial score (nSPS) is 12.0. The van der Waals surface area contributed by atoms with Crippen LogP contribution < -0.4 is 16.0 Å². The SMILES string of the molecule is CNCc1ccccc1NC(=O)NC(CC(=O)O)C(C)C. The van der Waals surface area contributed by atoms with Gasteiger partial charge >= 0.3 is 12.0 Å². The quantitative estimate of drug-likeness (QED) is 0.619. The second kappa shape index (κ2) is 8.26. The van der Waals surface area contributed by atoms with E-state index in [9.17, 15) is 9.59 Å². The van der Waals surface area contributed by atoms with Crippen LogP contribution in [0.5, 0.6) is 0 Å². The number of nitrogens with one attached hydrogen (secondary N) is 3. The fourth-order valence-electron chi connectivity index (χ4n) is 1.96. The maximum atomic E-state index is 12.0. The topological polar surface area (TPSA) is 90.5 Å². The molecule has 1 aromatic rings. The molecular formula is C15H23N3O3. The molecule has 0 heterocycles. The number of hydrogen-bond donors (Lipinski definition) is 4. The minimum atomic E-state index is -0.926. The van der Waals surface area contributed by atoms with Gasteiger partial charge in [0.1, 0.15) is 0 Å². The van der Waals surface area contributed by atoms with Gasteiger partial charge in [0.05, 0.1) is 6.42 Å². The number of anilines is 1. The molecule has 1 unspecified atom stereocenters. The average molecular weight is 293 g/mol. The van der Waals surface area contributed by atoms with Crippen molar-refractivity contribution >= 4 is 17.7 Å². The van der Waals surface area contributed by atoms with Gasteiger partial charge in [0.2, 0.25) is 0 Å². The van der Waals surface area contributed by atoms with Crippen molar-refractivity contribution < 1.29 is 14.7 Å². The minimum Gasteiger partial charge on any atom is -0.481 e. The van der Waals surface area contributed by atoms with Crippen molar-refractivity contribution in [2.24, 2.45) is 5.92 Å². The first-order valence-electron chi connectivity index (χ1n) is 6.95. The second-order valence-electron chi connectivity index (χ2n) is 5.23. The number of carboxylic acid groups (broad SMARTS) is 1. The van der Waals surface area contributed by atoms with E-state index in [1.54, 1.807) is 0 Å². The van der Waals surface area contributed by atoms with Crippen LogP contribution in [0, 0.1) is 5.92 Å². The summed E-state index contributed by atoms with van der Waals surface area (Å²) in [4.78, 5) is 22.8. The largest absolute Gasteiger partial charge is 0.481 e. The van der Waals surface area contributed by atoms with Crippen molar-refractivity contribution in [3.05, 3.63) is 29.8 Å². The van der Waals surface area contributed by atoms with E-state index in [0.29, 0.717) is 12.2 Å². The molecule has 21 heavy (non-hydrogen) atoms. The molecule has 1 aromatic carbocycles. The molecule has 0 aliphatic carbocycles. The molecule has 0 radical (unpaired) electrons. The van der Waals surface area contributed by atoms with Gasteiger partial charge in [-0.05, 0) is 24.6 Å². The van der Waals surface area contributed by atoms with Gasteiger partial charge in [-0.3, -0.25) is 4.79 Å². The van der Waals surface area contributed by atoms with Crippen LogP contribution in [-0.4, -0.2) is 30.2 Å². The van der Waals surface area contributed by atoms with Crippen LogP contribution >= 0.6 is 0 Å². The Morgan fingerprint density at radius 1 is 1.24 bits per heavy atom. The summed E-state index contributed by atoms with van der Waals surface area (Å²) < 4.78 is 0. The van der Waals surface area contributed by atoms with Crippen LogP contribution in [0.25, 0.3) is 0 Å². The Hall–Kier alpha value is -2.08. The molecule has 2 amide bonds. The van der Waals surface area contributed by atoms with Gasteiger partial charge in [0.15, 0.2) is 0 Å². The molecule has 0 saturated heterocycles. The van der Waals surface area contributed by atoms with Crippen molar-refractivity contribution in [2.45, 2.75) is 32.9 Å². The first-order valence-corrected chi connectivity index (χ1v) is 6.95. The summed E-state index contributed by atoms with van der Waals surface area (Å²) in [5.41, 5.74) is 1.68. The maximum Gasteiger partial charge on any atom is 0.319 e. The van der Waals surface area contributed by atoms with E-state index in [1.807, 2.05) is 45.2 Å². The zero-order valence-electron chi connectivity index (χ0n) is 12.6. The van der Waals surface area contributed by atoms with Crippen LogP contribution in [0.4, 0.5) is 10.5 Å². The molecule has 1 atom stereocenters. The van der Waals surface area contributed by atoms with E-state index >= 15 is 0 Å². The minimum absolute atomic E-state index is 0.0411. The lowest BCUT2D eigenvalue weighted by atomic mass is 10.0. The van der Waals surface area contributed by atoms with E-state index in [0.717, 1.165) is 5.56 Å². The fraction of sp³-hybridized carbons (Fsp3) is 0.467. The molecule has 1 rings (SSSR count). The Balaban J connectivity index is 2.70. The summed E-state index contributed by atoms with van der Waals surface area (Å²) in [5, 5.41) is 17.4. The molecule has 4 N–H and O–H groups in total. The Kier molecular flexibility index (Phi) is 6.68. The smallest absolute Gasteiger partial charge is 0.319 e. The van der Waals surface area contributed by atoms with Crippen LogP contribution in [0.2, 0.25) is 0 Å². The van der Waals surface area contributed by atoms with Gasteiger partial charge in [-0.25, -0.2) is 4.79 Å². The third-order valence-electron chi connectivity index (χ3n) is 3.15. The lowest BCUT2D eigenvalue weighted by Crippen LogP contribution is -2.42. The Morgan fingerprint density at radius 3 is 2.48 bits per heavy atom. The van der Waals surface area contributed by atoms with Gasteiger partial charge in [0.25, 0.3) is 0 Å². The number of rotatable bonds is 7. The van der Waals surface area contributed by atoms with Gasteiger partial charge < -0.3 is 21.1 Å². The first-order chi connectivity index (χ1) is 9.93. The monoisotopic (exact) mass is 293 g/mol. The highest BCUT2D eigenvalue weighted by molar-refractivity contribution is 5.90. The lowest BCUT2D eigenvalue weighted by molar-refractivity contribution is -0.137. The Labute approximate surface area is 124 Å². The number of carbonyl (C=O) groups is 2. The van der Waals surface area contributed by atoms with Gasteiger partial charge in [0, 0.05) is 18.3 Å². The zero-order valence-corrected chi connectivity index (χ0v) is 12.6. The molecule has 0 aliphatic rings. The van der Waals surface area contributed by atoms with E-state index in [4.69, 9.17) is 5.11 Å². The first kappa shape index (κ1) is 17.0. The van der Waals surface area contributed by atoms with Crippen molar-refractivity contribution in [1.82, 2.24) is 10.6 Å². The van der Waals surface area contributed by atoms with Gasteiger partial charge in [-0.2, -0.15) is 0 Å². The van der Waals surface area contributed by atoms with E-state index in [1.165, 1.54) is 0 Å². The third-order valence-corrected chi connectivity index (χ3v) is 3.15. The zero-order chi connectivity index (χ0) is 15.8. The molecule has 0 aliphatic heterocycles. The highest BCUT2D eigenvalue weighted by Gasteiger charge is 2.19. The summed E-state index contributed by atoms with van der Waals surface area (Å²) in [6.07, 6.45) is -0.0940. The lowest BCUT2D eigenvalue weighted by Gasteiger charge is -2.21. The van der Waals surface area contributed by atoms with E-state index in [-0.39, 0.29) is 12.3 Å². The van der Waals surface area contributed by atoms with Crippen LogP contribution in [0.1, 0.15) is 25.8 Å². The number of amides is 2. The number of carboxylic acids is 1. The second-order valence-corrected chi connectivity index (χ2v) is 5.23. The highest BCUT2D eigenvalue weighted by Crippen LogP contribution is 2.15. The summed E-state index contributed by atoms with van der Waals surface area (Å²) in [5.74, 6) is -0.885. The van der Waals surface area contributed by atoms with Gasteiger partial charge in [-0.15, -0.1) is 0 Å². The Morgan fingerprint density at radius 2 is 1.90 bits per heavy atom. The number of urea groups is 1. The van der Waals surface area contributed by atoms with Crippen LogP contribution in [0.15, 0.2) is 24.3 Å². The molecular weight excluding hydrogens is 270 g/mol. The predicted octanol–water partition coefficient (Wildman–Crippen LogP) is 2.03. The standard InChI is InChI=1S/C15H23N3O3/c1-10(2)13(8-14(19)20)18-15(21)17-12-7-5-4-6-11(12)9-16-3/h4-7,10,13,16H,8-9H2,1-3H3,(H,19,20)(H2,17,18,21). The number of para-hydroxylation sites is 1. The molecule has 116 valence electrons. The van der Waals surface area contributed by atoms with Crippen molar-refractivity contribution in [2.75, 3.05) is 12.4 Å². The van der Waals surface area contributed by atoms with Crippen molar-refractivity contribution in [1.29, 1.82) is 0 Å². The summed E-state index contributed by atoms with van der Waals surface area (Å²) in [6.45, 7) is 4.39. The Bertz CT molecular complexity index is 489. The van der Waals surface area contributed by atoms with Crippen LogP contribution in [0.3, 0.4) is 0 Å². The average Bonchev–Trinajstić information content (AvgIpc) is 2.40. The number of aliphatic carboxylic acids is 1. The number of carbonyl (C=O) groups excluding carboxylic acids is 1. The fourth-order valence-corrected chi connectivity index (χ4v) is 1.96. The summed E-state index contributed by atoms with van der Waals surface area (Å²) in [6, 6.07) is 6.68. The molecule has 0 spiro atoms. The van der Waals surface area contributed by atoms with Gasteiger partial charge in [-0.1, -0.05) is 32.0 Å². The maximum absolute atomic E-state index is 12.0. The van der Waals surface area contributed by atoms with Crippen LogP contribution in [-0.2, 0) is 11.3 Å². The van der Waals surface area contributed by atoms with E-state index < -0.39 is 18.0 Å².